The zero-order valence-corrected chi connectivity index (χ0v) is 13.8. The van der Waals surface area contributed by atoms with Gasteiger partial charge in [0.25, 0.3) is 0 Å². The van der Waals surface area contributed by atoms with E-state index in [0.29, 0.717) is 27.2 Å². The summed E-state index contributed by atoms with van der Waals surface area (Å²) < 4.78 is 5.13. The summed E-state index contributed by atoms with van der Waals surface area (Å²) >= 11 is 11.7. The molecule has 2 rings (SSSR count). The summed E-state index contributed by atoms with van der Waals surface area (Å²) in [5.74, 6) is 0.222. The van der Waals surface area contributed by atoms with E-state index < -0.39 is 0 Å². The van der Waals surface area contributed by atoms with Gasteiger partial charge in [-0.25, -0.2) is 4.98 Å². The number of hydrogen-bond donors (Lipinski definition) is 1. The fourth-order valence-electron chi connectivity index (χ4n) is 1.94. The quantitative estimate of drug-likeness (QED) is 0.797. The highest BCUT2D eigenvalue weighted by molar-refractivity contribution is 6.31. The molecule has 23 heavy (non-hydrogen) atoms. The minimum Gasteiger partial charge on any atom is -0.496 e. The van der Waals surface area contributed by atoms with Crippen molar-refractivity contribution in [3.05, 3.63) is 52.1 Å². The summed E-state index contributed by atoms with van der Waals surface area (Å²) in [5, 5.41) is 3.49. The molecule has 0 aliphatic carbocycles. The van der Waals surface area contributed by atoms with E-state index in [0.717, 1.165) is 0 Å². The molecular formula is C16H14Cl2N2O3. The molecule has 1 aromatic heterocycles. The van der Waals surface area contributed by atoms with E-state index in [1.807, 2.05) is 0 Å². The van der Waals surface area contributed by atoms with Crippen molar-refractivity contribution in [3.63, 3.8) is 0 Å². The highest BCUT2D eigenvalue weighted by Crippen LogP contribution is 2.24. The fraction of sp³-hybridized carbons (Fsp3) is 0.188. The topological polar surface area (TPSA) is 68.3 Å². The van der Waals surface area contributed by atoms with E-state index in [9.17, 15) is 9.59 Å². The monoisotopic (exact) mass is 352 g/mol. The number of pyridine rings is 1. The van der Waals surface area contributed by atoms with Crippen LogP contribution in [0.2, 0.25) is 10.0 Å². The van der Waals surface area contributed by atoms with Gasteiger partial charge >= 0.3 is 0 Å². The predicted octanol–water partition coefficient (Wildman–Crippen LogP) is 4.00. The van der Waals surface area contributed by atoms with Gasteiger partial charge < -0.3 is 10.1 Å². The Bertz CT molecular complexity index is 735. The summed E-state index contributed by atoms with van der Waals surface area (Å²) in [7, 11) is 1.47. The smallest absolute Gasteiger partial charge is 0.225 e. The lowest BCUT2D eigenvalue weighted by Gasteiger charge is -2.08. The van der Waals surface area contributed by atoms with Gasteiger partial charge in [-0.05, 0) is 30.3 Å². The molecule has 0 unspecified atom stereocenters. The second-order valence-electron chi connectivity index (χ2n) is 4.68. The Kier molecular flexibility index (Phi) is 5.96. The van der Waals surface area contributed by atoms with Gasteiger partial charge in [0.1, 0.15) is 11.6 Å². The number of carbonyl (C=O) groups excluding carboxylic acids is 2. The largest absolute Gasteiger partial charge is 0.496 e. The number of hydrogen-bond acceptors (Lipinski definition) is 4. The Labute approximate surface area is 143 Å². The Morgan fingerprint density at radius 1 is 1.13 bits per heavy atom. The van der Waals surface area contributed by atoms with Crippen molar-refractivity contribution in [2.24, 2.45) is 0 Å². The first-order chi connectivity index (χ1) is 11.0. The van der Waals surface area contributed by atoms with E-state index in [4.69, 9.17) is 27.9 Å². The number of nitrogens with zero attached hydrogens (tertiary/aromatic N) is 1. The predicted molar refractivity (Wildman–Crippen MR) is 89.4 cm³/mol. The number of aromatic nitrogens is 1. The van der Waals surface area contributed by atoms with Gasteiger partial charge in [0, 0.05) is 29.1 Å². The number of Topliss-reactive ketones (excluding diaryl/α,β-unsaturated/α-hetero) is 1. The van der Waals surface area contributed by atoms with Crippen LogP contribution in [0.25, 0.3) is 0 Å². The Morgan fingerprint density at radius 3 is 2.57 bits per heavy atom. The van der Waals surface area contributed by atoms with E-state index in [2.05, 4.69) is 10.3 Å². The number of rotatable bonds is 6. The highest BCUT2D eigenvalue weighted by Gasteiger charge is 2.15. The minimum atomic E-state index is -0.325. The summed E-state index contributed by atoms with van der Waals surface area (Å²) in [6.45, 7) is 0. The highest BCUT2D eigenvalue weighted by atomic mass is 35.5. The van der Waals surface area contributed by atoms with E-state index in [-0.39, 0.29) is 24.5 Å². The van der Waals surface area contributed by atoms with Crippen molar-refractivity contribution in [2.75, 3.05) is 12.4 Å². The van der Waals surface area contributed by atoms with Crippen LogP contribution in [-0.4, -0.2) is 23.8 Å². The van der Waals surface area contributed by atoms with Crippen LogP contribution >= 0.6 is 23.2 Å². The molecule has 120 valence electrons. The molecule has 0 spiro atoms. The third kappa shape index (κ3) is 4.94. The molecule has 0 radical (unpaired) electrons. The standard InChI is InChI=1S/C16H14Cl2N2O3/c1-23-14-4-2-10(17)8-12(14)13(21)3-5-16(22)20-15-9-11(18)6-7-19-15/h2,4,6-9H,3,5H2,1H3,(H,19,20,22). The van der Waals surface area contributed by atoms with Crippen molar-refractivity contribution in [1.29, 1.82) is 0 Å². The molecule has 0 aliphatic heterocycles. The van der Waals surface area contributed by atoms with E-state index >= 15 is 0 Å². The van der Waals surface area contributed by atoms with Crippen LogP contribution in [0.15, 0.2) is 36.5 Å². The average molecular weight is 353 g/mol. The number of halogens is 2. The zero-order valence-electron chi connectivity index (χ0n) is 12.3. The van der Waals surface area contributed by atoms with Crippen molar-refractivity contribution >= 4 is 40.7 Å². The summed E-state index contributed by atoms with van der Waals surface area (Å²) in [5.41, 5.74) is 0.355. The number of ether oxygens (including phenoxy) is 1. The van der Waals surface area contributed by atoms with Crippen LogP contribution in [0.4, 0.5) is 5.82 Å². The second-order valence-corrected chi connectivity index (χ2v) is 5.55. The van der Waals surface area contributed by atoms with Crippen LogP contribution in [-0.2, 0) is 4.79 Å². The Hall–Kier alpha value is -2.11. The van der Waals surface area contributed by atoms with Crippen molar-refractivity contribution < 1.29 is 14.3 Å². The molecule has 1 N–H and O–H groups in total. The number of ketones is 1. The van der Waals surface area contributed by atoms with Gasteiger partial charge in [-0.1, -0.05) is 23.2 Å². The molecule has 2 aromatic rings. The van der Waals surface area contributed by atoms with Gasteiger partial charge in [-0.15, -0.1) is 0 Å². The minimum absolute atomic E-state index is 0.0166. The first kappa shape index (κ1) is 17.2. The molecule has 1 amide bonds. The molecule has 0 saturated carbocycles. The summed E-state index contributed by atoms with van der Waals surface area (Å²) in [6, 6.07) is 7.91. The SMILES string of the molecule is COc1ccc(Cl)cc1C(=O)CCC(=O)Nc1cc(Cl)ccn1. The fourth-order valence-corrected chi connectivity index (χ4v) is 2.27. The molecule has 5 nitrogen and oxygen atoms in total. The van der Waals surface area contributed by atoms with Crippen LogP contribution in [0.1, 0.15) is 23.2 Å². The summed E-state index contributed by atoms with van der Waals surface area (Å²) in [6.07, 6.45) is 1.53. The number of nitrogens with one attached hydrogen (secondary N) is 1. The number of amides is 1. The van der Waals surface area contributed by atoms with E-state index in [1.165, 1.54) is 25.4 Å². The van der Waals surface area contributed by atoms with Gasteiger partial charge in [0.05, 0.1) is 12.7 Å². The van der Waals surface area contributed by atoms with Gasteiger partial charge in [-0.3, -0.25) is 9.59 Å². The number of anilines is 1. The maximum atomic E-state index is 12.2. The Morgan fingerprint density at radius 2 is 1.87 bits per heavy atom. The van der Waals surface area contributed by atoms with Crippen molar-refractivity contribution in [3.8, 4) is 5.75 Å². The number of methoxy groups -OCH3 is 1. The molecule has 0 saturated heterocycles. The van der Waals surface area contributed by atoms with Crippen molar-refractivity contribution in [2.45, 2.75) is 12.8 Å². The second kappa shape index (κ2) is 7.94. The maximum absolute atomic E-state index is 12.2. The lowest BCUT2D eigenvalue weighted by molar-refractivity contribution is -0.116. The molecule has 0 fully saturated rings. The van der Waals surface area contributed by atoms with E-state index in [1.54, 1.807) is 18.2 Å². The molecule has 0 aliphatic rings. The van der Waals surface area contributed by atoms with Crippen LogP contribution in [0, 0.1) is 0 Å². The third-order valence-electron chi connectivity index (χ3n) is 3.03. The number of benzene rings is 1. The van der Waals surface area contributed by atoms with Gasteiger partial charge in [-0.2, -0.15) is 0 Å². The molecule has 0 bridgehead atoms. The maximum Gasteiger partial charge on any atom is 0.225 e. The molecule has 7 heteroatoms. The summed E-state index contributed by atoms with van der Waals surface area (Å²) in [4.78, 5) is 28.1. The molecule has 0 atom stereocenters. The van der Waals surface area contributed by atoms with Crippen LogP contribution in [0.3, 0.4) is 0 Å². The lowest BCUT2D eigenvalue weighted by Crippen LogP contribution is -2.14. The molecule has 1 heterocycles. The van der Waals surface area contributed by atoms with Crippen LogP contribution in [0.5, 0.6) is 5.75 Å². The third-order valence-corrected chi connectivity index (χ3v) is 3.50. The average Bonchev–Trinajstić information content (AvgIpc) is 2.52. The Balaban J connectivity index is 1.96. The van der Waals surface area contributed by atoms with Crippen molar-refractivity contribution in [1.82, 2.24) is 4.98 Å². The number of carbonyl (C=O) groups is 2. The van der Waals surface area contributed by atoms with Crippen LogP contribution < -0.4 is 10.1 Å². The van der Waals surface area contributed by atoms with Gasteiger partial charge in [0.2, 0.25) is 5.91 Å². The normalized spacial score (nSPS) is 10.2. The molecule has 1 aromatic carbocycles. The lowest BCUT2D eigenvalue weighted by atomic mass is 10.1. The first-order valence-corrected chi connectivity index (χ1v) is 7.53. The zero-order chi connectivity index (χ0) is 16.8. The first-order valence-electron chi connectivity index (χ1n) is 6.77. The van der Waals surface area contributed by atoms with Gasteiger partial charge in [0.15, 0.2) is 5.78 Å². The molecular weight excluding hydrogens is 339 g/mol.